The van der Waals surface area contributed by atoms with Crippen molar-refractivity contribution >= 4 is 5.78 Å². The number of rotatable bonds is 4. The molecule has 0 amide bonds. The van der Waals surface area contributed by atoms with Gasteiger partial charge in [-0.1, -0.05) is 12.1 Å². The van der Waals surface area contributed by atoms with Gasteiger partial charge in [0.15, 0.2) is 5.78 Å². The molecule has 0 atom stereocenters. The lowest BCUT2D eigenvalue weighted by molar-refractivity contribution is 0.0977. The number of carbonyl (C=O) groups excluding carboxylic acids is 1. The van der Waals surface area contributed by atoms with Gasteiger partial charge in [0, 0.05) is 19.5 Å². The highest BCUT2D eigenvalue weighted by Gasteiger charge is 2.21. The minimum atomic E-state index is 0.0889. The molecule has 2 rings (SSSR count). The van der Waals surface area contributed by atoms with E-state index in [0.29, 0.717) is 18.2 Å². The van der Waals surface area contributed by atoms with Gasteiger partial charge in [0.05, 0.1) is 12.2 Å². The summed E-state index contributed by atoms with van der Waals surface area (Å²) in [6.45, 7) is 3.83. The molecule has 0 radical (unpaired) electrons. The van der Waals surface area contributed by atoms with Gasteiger partial charge < -0.3 is 5.32 Å². The summed E-state index contributed by atoms with van der Waals surface area (Å²) in [7, 11) is 0. The molecular formula is C9H14N4O. The Hall–Kier alpha value is -1.23. The molecule has 0 unspecified atom stereocenters. The average molecular weight is 194 g/mol. The van der Waals surface area contributed by atoms with E-state index >= 15 is 0 Å². The van der Waals surface area contributed by atoms with Gasteiger partial charge in [-0.15, -0.1) is 5.10 Å². The molecule has 1 aromatic rings. The first-order valence-corrected chi connectivity index (χ1v) is 4.97. The smallest absolute Gasteiger partial charge is 0.184 e. The van der Waals surface area contributed by atoms with E-state index in [1.807, 2.05) is 6.92 Å². The Kier molecular flexibility index (Phi) is 2.58. The first-order valence-electron chi connectivity index (χ1n) is 4.97. The van der Waals surface area contributed by atoms with Gasteiger partial charge in [0.25, 0.3) is 0 Å². The van der Waals surface area contributed by atoms with Crippen molar-refractivity contribution in [3.63, 3.8) is 0 Å². The Morgan fingerprint density at radius 2 is 2.50 bits per heavy atom. The van der Waals surface area contributed by atoms with Crippen molar-refractivity contribution < 1.29 is 4.79 Å². The molecular weight excluding hydrogens is 180 g/mol. The molecule has 1 N–H and O–H groups in total. The van der Waals surface area contributed by atoms with E-state index in [9.17, 15) is 4.79 Å². The second kappa shape index (κ2) is 3.88. The second-order valence-electron chi connectivity index (χ2n) is 3.57. The minimum absolute atomic E-state index is 0.0889. The van der Waals surface area contributed by atoms with Crippen LogP contribution in [0.2, 0.25) is 0 Å². The maximum atomic E-state index is 11.5. The van der Waals surface area contributed by atoms with Crippen LogP contribution in [0.4, 0.5) is 0 Å². The van der Waals surface area contributed by atoms with Crippen LogP contribution in [0.25, 0.3) is 0 Å². The van der Waals surface area contributed by atoms with E-state index in [1.165, 1.54) is 0 Å². The molecule has 0 spiro atoms. The third kappa shape index (κ3) is 1.68. The maximum absolute atomic E-state index is 11.5. The molecule has 0 saturated carbocycles. The lowest BCUT2D eigenvalue weighted by Crippen LogP contribution is -2.43. The van der Waals surface area contributed by atoms with E-state index < -0.39 is 0 Å². The van der Waals surface area contributed by atoms with E-state index in [2.05, 4.69) is 15.6 Å². The van der Waals surface area contributed by atoms with E-state index in [4.69, 9.17) is 0 Å². The highest BCUT2D eigenvalue weighted by atomic mass is 16.1. The molecule has 76 valence electrons. The Morgan fingerprint density at radius 1 is 1.71 bits per heavy atom. The van der Waals surface area contributed by atoms with Crippen molar-refractivity contribution in [3.8, 4) is 0 Å². The maximum Gasteiger partial charge on any atom is 0.184 e. The zero-order valence-electron chi connectivity index (χ0n) is 8.23. The standard InChI is InChI=1S/C9H14N4O/c1-2-3-9(14)8-6-13(12-11-8)7-4-10-5-7/h6-7,10H,2-5H2,1H3. The molecule has 5 heteroatoms. The predicted octanol–water partition coefficient (Wildman–Crippen LogP) is 0.405. The highest BCUT2D eigenvalue weighted by Crippen LogP contribution is 2.10. The second-order valence-corrected chi connectivity index (χ2v) is 3.57. The quantitative estimate of drug-likeness (QED) is 0.705. The number of Topliss-reactive ketones (excluding diaryl/α,β-unsaturated/α-hetero) is 1. The van der Waals surface area contributed by atoms with Crippen molar-refractivity contribution in [2.24, 2.45) is 0 Å². The van der Waals surface area contributed by atoms with Crippen LogP contribution in [0.5, 0.6) is 0 Å². The zero-order valence-corrected chi connectivity index (χ0v) is 8.23. The summed E-state index contributed by atoms with van der Waals surface area (Å²) >= 11 is 0. The molecule has 1 fully saturated rings. The van der Waals surface area contributed by atoms with Crippen molar-refractivity contribution in [2.45, 2.75) is 25.8 Å². The topological polar surface area (TPSA) is 59.8 Å². The van der Waals surface area contributed by atoms with E-state index in [1.54, 1.807) is 10.9 Å². The fourth-order valence-electron chi connectivity index (χ4n) is 1.40. The molecule has 1 aliphatic heterocycles. The minimum Gasteiger partial charge on any atom is -0.312 e. The van der Waals surface area contributed by atoms with E-state index in [0.717, 1.165) is 19.5 Å². The van der Waals surface area contributed by atoms with Crippen LogP contribution < -0.4 is 5.32 Å². The first-order chi connectivity index (χ1) is 6.81. The van der Waals surface area contributed by atoms with E-state index in [-0.39, 0.29) is 5.78 Å². The molecule has 1 aliphatic rings. The normalized spacial score (nSPS) is 16.6. The number of hydrogen-bond donors (Lipinski definition) is 1. The molecule has 0 aliphatic carbocycles. The van der Waals surface area contributed by atoms with Crippen LogP contribution in [0.1, 0.15) is 36.3 Å². The number of ketones is 1. The molecule has 2 heterocycles. The summed E-state index contributed by atoms with van der Waals surface area (Å²) < 4.78 is 1.78. The van der Waals surface area contributed by atoms with Gasteiger partial charge in [0.1, 0.15) is 5.69 Å². The van der Waals surface area contributed by atoms with Crippen LogP contribution in [0, 0.1) is 0 Å². The van der Waals surface area contributed by atoms with Crippen molar-refractivity contribution in [2.75, 3.05) is 13.1 Å². The van der Waals surface area contributed by atoms with Gasteiger partial charge >= 0.3 is 0 Å². The highest BCUT2D eigenvalue weighted by molar-refractivity contribution is 5.93. The summed E-state index contributed by atoms with van der Waals surface area (Å²) in [5.74, 6) is 0.0889. The summed E-state index contributed by atoms with van der Waals surface area (Å²) in [4.78, 5) is 11.5. The lowest BCUT2D eigenvalue weighted by atomic mass is 10.2. The SMILES string of the molecule is CCCC(=O)c1cn(C2CNC2)nn1. The van der Waals surface area contributed by atoms with Crippen molar-refractivity contribution in [1.29, 1.82) is 0 Å². The lowest BCUT2D eigenvalue weighted by Gasteiger charge is -2.26. The zero-order chi connectivity index (χ0) is 9.97. The van der Waals surface area contributed by atoms with Crippen molar-refractivity contribution in [1.82, 2.24) is 20.3 Å². The Morgan fingerprint density at radius 3 is 3.07 bits per heavy atom. The number of aromatic nitrogens is 3. The van der Waals surface area contributed by atoms with Gasteiger partial charge in [-0.05, 0) is 6.42 Å². The summed E-state index contributed by atoms with van der Waals surface area (Å²) in [6, 6.07) is 0.380. The molecule has 0 aromatic carbocycles. The van der Waals surface area contributed by atoms with Crippen molar-refractivity contribution in [3.05, 3.63) is 11.9 Å². The fourth-order valence-corrected chi connectivity index (χ4v) is 1.40. The number of carbonyl (C=O) groups is 1. The number of nitrogens with zero attached hydrogens (tertiary/aromatic N) is 3. The monoisotopic (exact) mass is 194 g/mol. The third-order valence-electron chi connectivity index (χ3n) is 2.41. The molecule has 1 saturated heterocycles. The third-order valence-corrected chi connectivity index (χ3v) is 2.41. The van der Waals surface area contributed by atoms with Crippen LogP contribution in [-0.4, -0.2) is 33.9 Å². The number of hydrogen-bond acceptors (Lipinski definition) is 4. The Labute approximate surface area is 82.5 Å². The van der Waals surface area contributed by atoms with Crippen LogP contribution in [-0.2, 0) is 0 Å². The first kappa shape index (κ1) is 9.33. The van der Waals surface area contributed by atoms with Gasteiger partial charge in [0.2, 0.25) is 0 Å². The van der Waals surface area contributed by atoms with Gasteiger partial charge in [-0.2, -0.15) is 0 Å². The van der Waals surface area contributed by atoms with Crippen LogP contribution >= 0.6 is 0 Å². The fraction of sp³-hybridized carbons (Fsp3) is 0.667. The number of nitrogens with one attached hydrogen (secondary N) is 1. The van der Waals surface area contributed by atoms with Crippen LogP contribution in [0.15, 0.2) is 6.20 Å². The Bertz CT molecular complexity index is 329. The summed E-state index contributed by atoms with van der Waals surface area (Å²) in [5.41, 5.74) is 0.499. The summed E-state index contributed by atoms with van der Waals surface area (Å²) in [6.07, 6.45) is 3.17. The molecule has 14 heavy (non-hydrogen) atoms. The predicted molar refractivity (Wildman–Crippen MR) is 51.2 cm³/mol. The molecule has 0 bridgehead atoms. The summed E-state index contributed by atoms with van der Waals surface area (Å²) in [5, 5.41) is 11.0. The average Bonchev–Trinajstić information content (AvgIpc) is 2.50. The van der Waals surface area contributed by atoms with Gasteiger partial charge in [-0.25, -0.2) is 4.68 Å². The largest absolute Gasteiger partial charge is 0.312 e. The Balaban J connectivity index is 2.05. The van der Waals surface area contributed by atoms with Gasteiger partial charge in [-0.3, -0.25) is 4.79 Å². The van der Waals surface area contributed by atoms with Crippen LogP contribution in [0.3, 0.4) is 0 Å². The molecule has 5 nitrogen and oxygen atoms in total. The molecule has 1 aromatic heterocycles.